The Balaban J connectivity index is 1.59. The lowest BCUT2D eigenvalue weighted by Crippen LogP contribution is -2.38. The number of amides is 1. The Bertz CT molecular complexity index is 865. The van der Waals surface area contributed by atoms with Gasteiger partial charge in [0.2, 0.25) is 5.91 Å². The quantitative estimate of drug-likeness (QED) is 0.810. The van der Waals surface area contributed by atoms with Gasteiger partial charge in [0.1, 0.15) is 12.4 Å². The van der Waals surface area contributed by atoms with E-state index in [9.17, 15) is 4.79 Å². The number of fused-ring (bicyclic) bond motifs is 1. The minimum atomic E-state index is -0.104. The summed E-state index contributed by atoms with van der Waals surface area (Å²) in [6.45, 7) is 11.4. The maximum Gasteiger partial charge on any atom is 0.226 e. The van der Waals surface area contributed by atoms with Crippen molar-refractivity contribution in [3.05, 3.63) is 41.1 Å². The molecule has 0 radical (unpaired) electrons. The van der Waals surface area contributed by atoms with E-state index >= 15 is 0 Å². The van der Waals surface area contributed by atoms with Gasteiger partial charge in [-0.05, 0) is 6.07 Å². The zero-order valence-corrected chi connectivity index (χ0v) is 17.5. The molecule has 1 unspecified atom stereocenters. The molecule has 1 aromatic heterocycles. The number of nitrogens with one attached hydrogen (secondary N) is 2. The normalized spacial score (nSPS) is 20.2. The molecular formula is C22H30N4O3. The van der Waals surface area contributed by atoms with Crippen LogP contribution in [0.1, 0.15) is 49.9 Å². The monoisotopic (exact) mass is 398 g/mol. The van der Waals surface area contributed by atoms with Crippen molar-refractivity contribution in [3.63, 3.8) is 0 Å². The Morgan fingerprint density at radius 2 is 2.00 bits per heavy atom. The van der Waals surface area contributed by atoms with E-state index in [4.69, 9.17) is 9.47 Å². The highest BCUT2D eigenvalue weighted by molar-refractivity contribution is 5.94. The number of carbonyl (C=O) groups excluding carboxylic acids is 1. The molecule has 1 atom stereocenters. The third-order valence-corrected chi connectivity index (χ3v) is 5.61. The molecule has 0 aliphatic carbocycles. The van der Waals surface area contributed by atoms with Gasteiger partial charge >= 0.3 is 0 Å². The Labute approximate surface area is 171 Å². The average Bonchev–Trinajstić information content (AvgIpc) is 3.13. The van der Waals surface area contributed by atoms with Crippen LogP contribution in [0.2, 0.25) is 0 Å². The first kappa shape index (κ1) is 19.9. The van der Waals surface area contributed by atoms with Crippen LogP contribution >= 0.6 is 0 Å². The van der Waals surface area contributed by atoms with Gasteiger partial charge in [-0.1, -0.05) is 39.0 Å². The summed E-state index contributed by atoms with van der Waals surface area (Å²) in [5.41, 5.74) is 3.06. The lowest BCUT2D eigenvalue weighted by atomic mass is 9.79. The van der Waals surface area contributed by atoms with Gasteiger partial charge in [0.05, 0.1) is 13.2 Å². The highest BCUT2D eigenvalue weighted by atomic mass is 16.5. The fourth-order valence-corrected chi connectivity index (χ4v) is 4.10. The molecule has 2 aliphatic heterocycles. The summed E-state index contributed by atoms with van der Waals surface area (Å²) < 4.78 is 11.6. The predicted octanol–water partition coefficient (Wildman–Crippen LogP) is 2.89. The number of ether oxygens (including phenoxy) is 2. The summed E-state index contributed by atoms with van der Waals surface area (Å²) in [5, 5.41) is 10.5. The van der Waals surface area contributed by atoms with E-state index in [0.717, 1.165) is 55.4 Å². The number of benzene rings is 1. The first-order valence-electron chi connectivity index (χ1n) is 10.3. The van der Waals surface area contributed by atoms with Crippen molar-refractivity contribution in [3.8, 4) is 5.75 Å². The molecule has 2 N–H and O–H groups in total. The van der Waals surface area contributed by atoms with Gasteiger partial charge in [0, 0.05) is 54.2 Å². The van der Waals surface area contributed by atoms with Gasteiger partial charge in [-0.15, -0.1) is 0 Å². The second kappa shape index (κ2) is 8.16. The van der Waals surface area contributed by atoms with Crippen LogP contribution in [0.15, 0.2) is 24.3 Å². The largest absolute Gasteiger partial charge is 0.492 e. The van der Waals surface area contributed by atoms with Crippen molar-refractivity contribution in [2.24, 2.45) is 0 Å². The average molecular weight is 399 g/mol. The van der Waals surface area contributed by atoms with Crippen LogP contribution in [0.5, 0.6) is 5.75 Å². The molecule has 7 heteroatoms. The number of morpholine rings is 1. The van der Waals surface area contributed by atoms with Crippen LogP contribution in [-0.2, 0) is 14.9 Å². The lowest BCUT2D eigenvalue weighted by molar-refractivity contribution is -0.116. The van der Waals surface area contributed by atoms with E-state index in [1.807, 2.05) is 18.2 Å². The Morgan fingerprint density at radius 1 is 1.24 bits per heavy atom. The molecule has 0 bridgehead atoms. The first-order valence-corrected chi connectivity index (χ1v) is 10.3. The molecule has 7 nitrogen and oxygen atoms in total. The van der Waals surface area contributed by atoms with Gasteiger partial charge < -0.3 is 14.8 Å². The van der Waals surface area contributed by atoms with Gasteiger partial charge in [-0.25, -0.2) is 0 Å². The number of H-pyrrole nitrogens is 1. The molecule has 2 aliphatic rings. The SMILES string of the molecule is CC(C)(C)c1[nH]nc2c1C(c1ccccc1OCCN1CCOCC1)CC(=O)N2. The van der Waals surface area contributed by atoms with Gasteiger partial charge in [0.25, 0.3) is 0 Å². The van der Waals surface area contributed by atoms with E-state index in [1.54, 1.807) is 0 Å². The van der Waals surface area contributed by atoms with Crippen molar-refractivity contribution in [2.75, 3.05) is 44.8 Å². The fraction of sp³-hybridized carbons (Fsp3) is 0.545. The molecule has 1 amide bonds. The van der Waals surface area contributed by atoms with Crippen LogP contribution < -0.4 is 10.1 Å². The van der Waals surface area contributed by atoms with Crippen molar-refractivity contribution < 1.29 is 14.3 Å². The molecule has 156 valence electrons. The number of aromatic amines is 1. The second-order valence-corrected chi connectivity index (χ2v) is 8.76. The predicted molar refractivity (Wildman–Crippen MR) is 112 cm³/mol. The van der Waals surface area contributed by atoms with Gasteiger partial charge in [-0.2, -0.15) is 5.10 Å². The van der Waals surface area contributed by atoms with E-state index in [-0.39, 0.29) is 17.2 Å². The van der Waals surface area contributed by atoms with Crippen LogP contribution in [0, 0.1) is 0 Å². The third kappa shape index (κ3) is 4.31. The van der Waals surface area contributed by atoms with E-state index in [1.165, 1.54) is 0 Å². The maximum atomic E-state index is 12.4. The summed E-state index contributed by atoms with van der Waals surface area (Å²) >= 11 is 0. The maximum absolute atomic E-state index is 12.4. The van der Waals surface area contributed by atoms with Gasteiger partial charge in [-0.3, -0.25) is 14.8 Å². The highest BCUT2D eigenvalue weighted by Gasteiger charge is 2.36. The number of hydrogen-bond acceptors (Lipinski definition) is 5. The van der Waals surface area contributed by atoms with Crippen LogP contribution in [0.4, 0.5) is 5.82 Å². The molecule has 1 saturated heterocycles. The smallest absolute Gasteiger partial charge is 0.226 e. The zero-order chi connectivity index (χ0) is 20.4. The number of anilines is 1. The Kier molecular flexibility index (Phi) is 5.61. The first-order chi connectivity index (χ1) is 13.9. The minimum Gasteiger partial charge on any atom is -0.492 e. The summed E-state index contributed by atoms with van der Waals surface area (Å²) in [4.78, 5) is 14.7. The standard InChI is InChI=1S/C22H30N4O3/c1-22(2,3)20-19-16(14-18(27)23-21(19)25-24-20)15-6-4-5-7-17(15)29-13-10-26-8-11-28-12-9-26/h4-7,16H,8-14H2,1-3H3,(H2,23,24,25,27). The van der Waals surface area contributed by atoms with E-state index in [2.05, 4.69) is 47.3 Å². The molecule has 4 rings (SSSR count). The summed E-state index contributed by atoms with van der Waals surface area (Å²) in [5.74, 6) is 1.38. The van der Waals surface area contributed by atoms with Crippen molar-refractivity contribution in [1.29, 1.82) is 0 Å². The number of rotatable bonds is 5. The zero-order valence-electron chi connectivity index (χ0n) is 17.5. The topological polar surface area (TPSA) is 79.5 Å². The van der Waals surface area contributed by atoms with Crippen molar-refractivity contribution >= 4 is 11.7 Å². The molecule has 2 aromatic rings. The number of carbonyl (C=O) groups is 1. The molecule has 29 heavy (non-hydrogen) atoms. The van der Waals surface area contributed by atoms with Crippen LogP contribution in [0.3, 0.4) is 0 Å². The van der Waals surface area contributed by atoms with E-state index in [0.29, 0.717) is 18.8 Å². The molecule has 0 spiro atoms. The third-order valence-electron chi connectivity index (χ3n) is 5.61. The number of hydrogen-bond donors (Lipinski definition) is 2. The summed E-state index contributed by atoms with van der Waals surface area (Å²) in [6, 6.07) is 8.05. The Morgan fingerprint density at radius 3 is 2.76 bits per heavy atom. The molecular weight excluding hydrogens is 368 g/mol. The second-order valence-electron chi connectivity index (χ2n) is 8.76. The van der Waals surface area contributed by atoms with Crippen LogP contribution in [0.25, 0.3) is 0 Å². The van der Waals surface area contributed by atoms with Crippen molar-refractivity contribution in [2.45, 2.75) is 38.5 Å². The molecule has 0 saturated carbocycles. The minimum absolute atomic E-state index is 0.0161. The van der Waals surface area contributed by atoms with Gasteiger partial charge in [0.15, 0.2) is 5.82 Å². The van der Waals surface area contributed by atoms with Crippen LogP contribution in [-0.4, -0.2) is 60.5 Å². The fourth-order valence-electron chi connectivity index (χ4n) is 4.10. The van der Waals surface area contributed by atoms with E-state index < -0.39 is 0 Å². The molecule has 3 heterocycles. The summed E-state index contributed by atoms with van der Waals surface area (Å²) in [6.07, 6.45) is 0.388. The highest BCUT2D eigenvalue weighted by Crippen LogP contribution is 2.44. The number of aromatic nitrogens is 2. The molecule has 1 aromatic carbocycles. The molecule has 1 fully saturated rings. The number of para-hydroxylation sites is 1. The Hall–Kier alpha value is -2.38. The summed E-state index contributed by atoms with van der Waals surface area (Å²) in [7, 11) is 0. The lowest BCUT2D eigenvalue weighted by Gasteiger charge is -2.29. The van der Waals surface area contributed by atoms with Crippen molar-refractivity contribution in [1.82, 2.24) is 15.1 Å². The number of nitrogens with zero attached hydrogens (tertiary/aromatic N) is 2.